The molecule has 0 aliphatic heterocycles. The average Bonchev–Trinajstić information content (AvgIpc) is 2.18. The smallest absolute Gasteiger partial charge is 0.0761 e. The molecule has 0 fully saturated rings. The lowest BCUT2D eigenvalue weighted by Gasteiger charge is -2.23. The highest BCUT2D eigenvalue weighted by molar-refractivity contribution is 5.28. The molecule has 0 aliphatic carbocycles. The van der Waals surface area contributed by atoms with Crippen LogP contribution in [0.15, 0.2) is 24.3 Å². The molecule has 1 unspecified atom stereocenters. The van der Waals surface area contributed by atoms with E-state index in [0.29, 0.717) is 0 Å². The van der Waals surface area contributed by atoms with E-state index in [-0.39, 0.29) is 11.5 Å². The molecule has 1 aromatic rings. The third-order valence-corrected chi connectivity index (χ3v) is 3.06. The first kappa shape index (κ1) is 11.3. The Hall–Kier alpha value is -0.820. The minimum atomic E-state index is -0.367. The molecule has 0 bridgehead atoms. The number of aliphatic hydroxyl groups is 1. The van der Waals surface area contributed by atoms with Crippen molar-refractivity contribution in [1.29, 1.82) is 0 Å². The van der Waals surface area contributed by atoms with Gasteiger partial charge in [-0.2, -0.15) is 0 Å². The molecule has 0 amide bonds. The molecular formula is C13H20O. The van der Waals surface area contributed by atoms with Gasteiger partial charge in [0, 0.05) is 0 Å². The fraction of sp³-hybridized carbons (Fsp3) is 0.538. The molecule has 0 spiro atoms. The van der Waals surface area contributed by atoms with E-state index >= 15 is 0 Å². The number of rotatable bonds is 3. The lowest BCUT2D eigenvalue weighted by atomic mass is 9.82. The number of hydrogen-bond donors (Lipinski definition) is 1. The fourth-order valence-electron chi connectivity index (χ4n) is 1.42. The van der Waals surface area contributed by atoms with Crippen molar-refractivity contribution >= 4 is 0 Å². The lowest BCUT2D eigenvalue weighted by molar-refractivity contribution is 0.199. The summed E-state index contributed by atoms with van der Waals surface area (Å²) in [5.41, 5.74) is 2.56. The third kappa shape index (κ3) is 2.36. The SMILES string of the molecule is CCC(C)(C)c1ccc(C(C)O)cc1. The molecule has 14 heavy (non-hydrogen) atoms. The highest BCUT2D eigenvalue weighted by Gasteiger charge is 2.17. The van der Waals surface area contributed by atoms with E-state index in [4.69, 9.17) is 0 Å². The van der Waals surface area contributed by atoms with Crippen molar-refractivity contribution in [2.45, 2.75) is 45.6 Å². The Balaban J connectivity index is 2.94. The van der Waals surface area contributed by atoms with Gasteiger partial charge >= 0.3 is 0 Å². The van der Waals surface area contributed by atoms with E-state index in [1.807, 2.05) is 12.1 Å². The molecule has 1 rings (SSSR count). The zero-order valence-corrected chi connectivity index (χ0v) is 9.54. The molecule has 1 N–H and O–H groups in total. The molecule has 1 aromatic carbocycles. The van der Waals surface area contributed by atoms with E-state index in [2.05, 4.69) is 32.9 Å². The first-order valence-electron chi connectivity index (χ1n) is 5.26. The minimum Gasteiger partial charge on any atom is -0.389 e. The maximum absolute atomic E-state index is 9.37. The van der Waals surface area contributed by atoms with Gasteiger partial charge in [-0.25, -0.2) is 0 Å². The summed E-state index contributed by atoms with van der Waals surface area (Å²) in [5, 5.41) is 9.37. The van der Waals surface area contributed by atoms with Gasteiger partial charge in [0.1, 0.15) is 0 Å². The number of aliphatic hydroxyl groups excluding tert-OH is 1. The second-order valence-electron chi connectivity index (χ2n) is 4.54. The molecule has 0 radical (unpaired) electrons. The Kier molecular flexibility index (Phi) is 3.33. The monoisotopic (exact) mass is 192 g/mol. The van der Waals surface area contributed by atoms with Crippen LogP contribution in [0, 0.1) is 0 Å². The minimum absolute atomic E-state index is 0.233. The van der Waals surface area contributed by atoms with Crippen LogP contribution in [0.4, 0.5) is 0 Å². The maximum Gasteiger partial charge on any atom is 0.0761 e. The van der Waals surface area contributed by atoms with Gasteiger partial charge in [-0.1, -0.05) is 45.0 Å². The van der Waals surface area contributed by atoms with Gasteiger partial charge in [0.2, 0.25) is 0 Å². The Labute approximate surface area is 86.8 Å². The van der Waals surface area contributed by atoms with Gasteiger partial charge in [0.25, 0.3) is 0 Å². The first-order chi connectivity index (χ1) is 6.47. The molecule has 0 saturated carbocycles. The first-order valence-corrected chi connectivity index (χ1v) is 5.26. The maximum atomic E-state index is 9.37. The normalized spacial score (nSPS) is 14.1. The van der Waals surface area contributed by atoms with Gasteiger partial charge in [0.15, 0.2) is 0 Å². The van der Waals surface area contributed by atoms with Crippen LogP contribution in [-0.4, -0.2) is 5.11 Å². The third-order valence-electron chi connectivity index (χ3n) is 3.06. The predicted molar refractivity (Wildman–Crippen MR) is 60.4 cm³/mol. The number of hydrogen-bond acceptors (Lipinski definition) is 1. The van der Waals surface area contributed by atoms with E-state index in [0.717, 1.165) is 12.0 Å². The van der Waals surface area contributed by atoms with Crippen LogP contribution < -0.4 is 0 Å². The van der Waals surface area contributed by atoms with E-state index in [9.17, 15) is 5.11 Å². The van der Waals surface area contributed by atoms with Gasteiger partial charge in [-0.15, -0.1) is 0 Å². The summed E-state index contributed by atoms with van der Waals surface area (Å²) in [6.07, 6.45) is 0.759. The second kappa shape index (κ2) is 4.14. The van der Waals surface area contributed by atoms with Crippen molar-refractivity contribution in [2.24, 2.45) is 0 Å². The molecule has 0 aromatic heterocycles. The van der Waals surface area contributed by atoms with Gasteiger partial charge < -0.3 is 5.11 Å². The quantitative estimate of drug-likeness (QED) is 0.778. The van der Waals surface area contributed by atoms with Gasteiger partial charge in [0.05, 0.1) is 6.10 Å². The molecule has 1 nitrogen and oxygen atoms in total. The van der Waals surface area contributed by atoms with Crippen molar-refractivity contribution in [1.82, 2.24) is 0 Å². The molecule has 0 aliphatic rings. The highest BCUT2D eigenvalue weighted by atomic mass is 16.3. The summed E-state index contributed by atoms with van der Waals surface area (Å²) in [7, 11) is 0. The number of benzene rings is 1. The van der Waals surface area contributed by atoms with Crippen LogP contribution in [0.5, 0.6) is 0 Å². The second-order valence-corrected chi connectivity index (χ2v) is 4.54. The fourth-order valence-corrected chi connectivity index (χ4v) is 1.42. The van der Waals surface area contributed by atoms with E-state index in [1.54, 1.807) is 6.92 Å². The van der Waals surface area contributed by atoms with Crippen LogP contribution >= 0.6 is 0 Å². The van der Waals surface area contributed by atoms with Crippen molar-refractivity contribution in [3.05, 3.63) is 35.4 Å². The molecule has 78 valence electrons. The zero-order valence-electron chi connectivity index (χ0n) is 9.54. The molecule has 1 heteroatoms. The summed E-state index contributed by atoms with van der Waals surface area (Å²) < 4.78 is 0. The topological polar surface area (TPSA) is 20.2 Å². The Morgan fingerprint density at radius 1 is 1.21 bits per heavy atom. The van der Waals surface area contributed by atoms with E-state index in [1.165, 1.54) is 5.56 Å². The summed E-state index contributed by atoms with van der Waals surface area (Å²) in [6.45, 7) is 8.47. The molecule has 0 saturated heterocycles. The van der Waals surface area contributed by atoms with Crippen LogP contribution in [-0.2, 0) is 5.41 Å². The zero-order chi connectivity index (χ0) is 10.8. The molecule has 0 heterocycles. The molecular weight excluding hydrogens is 172 g/mol. The van der Waals surface area contributed by atoms with Crippen LogP contribution in [0.1, 0.15) is 51.3 Å². The summed E-state index contributed by atoms with van der Waals surface area (Å²) in [4.78, 5) is 0. The van der Waals surface area contributed by atoms with Crippen molar-refractivity contribution < 1.29 is 5.11 Å². The van der Waals surface area contributed by atoms with E-state index < -0.39 is 0 Å². The van der Waals surface area contributed by atoms with Crippen molar-refractivity contribution in [2.75, 3.05) is 0 Å². The van der Waals surface area contributed by atoms with Gasteiger partial charge in [-0.3, -0.25) is 0 Å². The Morgan fingerprint density at radius 3 is 2.07 bits per heavy atom. The largest absolute Gasteiger partial charge is 0.389 e. The Morgan fingerprint density at radius 2 is 1.71 bits per heavy atom. The Bertz CT molecular complexity index is 283. The predicted octanol–water partition coefficient (Wildman–Crippen LogP) is 3.43. The summed E-state index contributed by atoms with van der Waals surface area (Å²) in [6, 6.07) is 8.26. The van der Waals surface area contributed by atoms with Crippen LogP contribution in [0.2, 0.25) is 0 Å². The van der Waals surface area contributed by atoms with Crippen molar-refractivity contribution in [3.63, 3.8) is 0 Å². The van der Waals surface area contributed by atoms with Crippen molar-refractivity contribution in [3.8, 4) is 0 Å². The highest BCUT2D eigenvalue weighted by Crippen LogP contribution is 2.27. The van der Waals surface area contributed by atoms with Crippen LogP contribution in [0.3, 0.4) is 0 Å². The van der Waals surface area contributed by atoms with Gasteiger partial charge in [-0.05, 0) is 29.9 Å². The van der Waals surface area contributed by atoms with Crippen LogP contribution in [0.25, 0.3) is 0 Å². The lowest BCUT2D eigenvalue weighted by Crippen LogP contribution is -2.15. The summed E-state index contributed by atoms with van der Waals surface area (Å²) >= 11 is 0. The summed E-state index contributed by atoms with van der Waals surface area (Å²) in [5.74, 6) is 0. The molecule has 1 atom stereocenters. The standard InChI is InChI=1S/C13H20O/c1-5-13(3,4)12-8-6-11(7-9-12)10(2)14/h6-10,14H,5H2,1-4H3. The average molecular weight is 192 g/mol.